The molecule has 1 aliphatic heterocycles. The number of nitrogens with zero attached hydrogens (tertiary/aromatic N) is 2. The number of rotatable bonds is 4. The van der Waals surface area contributed by atoms with Crippen LogP contribution in [0.4, 0.5) is 4.79 Å². The maximum absolute atomic E-state index is 12.1. The van der Waals surface area contributed by atoms with E-state index in [1.165, 1.54) is 0 Å². The molecule has 1 fully saturated rings. The number of ether oxygens (including phenoxy) is 1. The predicted octanol–water partition coefficient (Wildman–Crippen LogP) is 2.86. The third kappa shape index (κ3) is 3.67. The van der Waals surface area contributed by atoms with Gasteiger partial charge in [-0.2, -0.15) is 17.9 Å². The molecule has 0 N–H and O–H groups in total. The van der Waals surface area contributed by atoms with Crippen LogP contribution in [-0.2, 0) is 11.3 Å². The number of carbonyl (C=O) groups excluding carboxylic acids is 1. The first-order valence-corrected chi connectivity index (χ1v) is 7.33. The normalized spacial score (nSPS) is 21.5. The molecular weight excluding hydrogens is 272 g/mol. The Balaban J connectivity index is 1.92. The van der Waals surface area contributed by atoms with Gasteiger partial charge in [0.2, 0.25) is 0 Å². The average molecular weight is 290 g/mol. The van der Waals surface area contributed by atoms with E-state index in [0.29, 0.717) is 18.9 Å². The van der Waals surface area contributed by atoms with Gasteiger partial charge in [-0.1, -0.05) is 30.3 Å². The summed E-state index contributed by atoms with van der Waals surface area (Å²) in [4.78, 5) is 13.8. The van der Waals surface area contributed by atoms with Crippen molar-refractivity contribution < 1.29 is 9.53 Å². The SMILES string of the molecule is N#CC[C@@H]1C[C@H](CS)CN1C(=O)OCc1ccccc1. The second kappa shape index (κ2) is 7.20. The summed E-state index contributed by atoms with van der Waals surface area (Å²) in [6.45, 7) is 0.893. The molecule has 4 nitrogen and oxygen atoms in total. The summed E-state index contributed by atoms with van der Waals surface area (Å²) < 4.78 is 5.33. The van der Waals surface area contributed by atoms with E-state index in [-0.39, 0.29) is 18.7 Å². The Morgan fingerprint density at radius 2 is 2.20 bits per heavy atom. The summed E-state index contributed by atoms with van der Waals surface area (Å²) in [7, 11) is 0. The topological polar surface area (TPSA) is 53.3 Å². The molecule has 20 heavy (non-hydrogen) atoms. The summed E-state index contributed by atoms with van der Waals surface area (Å²) in [6, 6.07) is 11.7. The van der Waals surface area contributed by atoms with Crippen molar-refractivity contribution in [2.45, 2.75) is 25.5 Å². The second-order valence-electron chi connectivity index (χ2n) is 4.99. The molecule has 1 saturated heterocycles. The minimum atomic E-state index is -0.335. The molecule has 0 aliphatic carbocycles. The summed E-state index contributed by atoms with van der Waals surface area (Å²) in [5.41, 5.74) is 0.961. The van der Waals surface area contributed by atoms with E-state index >= 15 is 0 Å². The van der Waals surface area contributed by atoms with Crippen molar-refractivity contribution >= 4 is 18.7 Å². The molecule has 1 heterocycles. The molecule has 0 bridgehead atoms. The molecule has 0 aromatic heterocycles. The fourth-order valence-corrected chi connectivity index (χ4v) is 2.74. The van der Waals surface area contributed by atoms with E-state index in [2.05, 4.69) is 18.7 Å². The zero-order chi connectivity index (χ0) is 14.4. The fourth-order valence-electron chi connectivity index (χ4n) is 2.47. The zero-order valence-corrected chi connectivity index (χ0v) is 12.1. The molecule has 2 atom stereocenters. The van der Waals surface area contributed by atoms with Crippen molar-refractivity contribution in [1.82, 2.24) is 4.90 Å². The Labute approximate surface area is 124 Å². The molecule has 2 rings (SSSR count). The minimum absolute atomic E-state index is 0.0413. The molecule has 1 aromatic carbocycles. The van der Waals surface area contributed by atoms with Crippen LogP contribution >= 0.6 is 12.6 Å². The molecule has 5 heteroatoms. The summed E-state index contributed by atoms with van der Waals surface area (Å²) >= 11 is 4.28. The zero-order valence-electron chi connectivity index (χ0n) is 11.2. The van der Waals surface area contributed by atoms with Crippen LogP contribution in [0.25, 0.3) is 0 Å². The van der Waals surface area contributed by atoms with Gasteiger partial charge < -0.3 is 9.64 Å². The van der Waals surface area contributed by atoms with Gasteiger partial charge in [-0.05, 0) is 23.7 Å². The lowest BCUT2D eigenvalue weighted by Gasteiger charge is -2.22. The highest BCUT2D eigenvalue weighted by Gasteiger charge is 2.35. The highest BCUT2D eigenvalue weighted by Crippen LogP contribution is 2.27. The van der Waals surface area contributed by atoms with E-state index in [1.807, 2.05) is 30.3 Å². The van der Waals surface area contributed by atoms with Gasteiger partial charge in [0.05, 0.1) is 12.5 Å². The number of carbonyl (C=O) groups is 1. The third-order valence-electron chi connectivity index (χ3n) is 3.53. The van der Waals surface area contributed by atoms with Crippen LogP contribution in [0.1, 0.15) is 18.4 Å². The maximum Gasteiger partial charge on any atom is 0.410 e. The Morgan fingerprint density at radius 1 is 1.45 bits per heavy atom. The molecule has 106 valence electrons. The van der Waals surface area contributed by atoms with Gasteiger partial charge in [-0.3, -0.25) is 0 Å². The smallest absolute Gasteiger partial charge is 0.410 e. The standard InChI is InChI=1S/C15H18N2O2S/c16-7-6-14-8-13(11-20)9-17(14)15(18)19-10-12-4-2-1-3-5-12/h1-5,13-14,20H,6,8-11H2/t13-,14+/m0/s1. The minimum Gasteiger partial charge on any atom is -0.445 e. The van der Waals surface area contributed by atoms with Gasteiger partial charge in [0.25, 0.3) is 0 Å². The van der Waals surface area contributed by atoms with Crippen molar-refractivity contribution in [3.8, 4) is 6.07 Å². The predicted molar refractivity (Wildman–Crippen MR) is 79.3 cm³/mol. The first-order valence-electron chi connectivity index (χ1n) is 6.69. The fraction of sp³-hybridized carbons (Fsp3) is 0.467. The first-order chi connectivity index (χ1) is 9.74. The number of amides is 1. The van der Waals surface area contributed by atoms with Gasteiger partial charge in [0.15, 0.2) is 0 Å². The van der Waals surface area contributed by atoms with Crippen molar-refractivity contribution in [1.29, 1.82) is 5.26 Å². The largest absolute Gasteiger partial charge is 0.445 e. The number of benzene rings is 1. The van der Waals surface area contributed by atoms with E-state index in [4.69, 9.17) is 10.00 Å². The van der Waals surface area contributed by atoms with Crippen molar-refractivity contribution in [3.05, 3.63) is 35.9 Å². The number of likely N-dealkylation sites (tertiary alicyclic amines) is 1. The Morgan fingerprint density at radius 3 is 2.85 bits per heavy atom. The van der Waals surface area contributed by atoms with E-state index < -0.39 is 0 Å². The van der Waals surface area contributed by atoms with Crippen molar-refractivity contribution in [2.75, 3.05) is 12.3 Å². The van der Waals surface area contributed by atoms with Crippen LogP contribution in [0.2, 0.25) is 0 Å². The Kier molecular flexibility index (Phi) is 5.31. The van der Waals surface area contributed by atoms with Gasteiger partial charge in [0.1, 0.15) is 6.61 Å². The first kappa shape index (κ1) is 14.7. The van der Waals surface area contributed by atoms with Crippen molar-refractivity contribution in [2.24, 2.45) is 5.92 Å². The lowest BCUT2D eigenvalue weighted by atomic mass is 10.1. The number of nitriles is 1. The summed E-state index contributed by atoms with van der Waals surface area (Å²) in [5, 5.41) is 8.85. The monoisotopic (exact) mass is 290 g/mol. The molecule has 1 amide bonds. The highest BCUT2D eigenvalue weighted by molar-refractivity contribution is 7.80. The summed E-state index contributed by atoms with van der Waals surface area (Å²) in [6.07, 6.45) is 0.848. The lowest BCUT2D eigenvalue weighted by molar-refractivity contribution is 0.0920. The molecule has 0 spiro atoms. The Bertz CT molecular complexity index is 486. The average Bonchev–Trinajstić information content (AvgIpc) is 2.89. The number of thiol groups is 1. The lowest BCUT2D eigenvalue weighted by Crippen LogP contribution is -2.36. The van der Waals surface area contributed by atoms with Gasteiger partial charge in [-0.25, -0.2) is 4.79 Å². The van der Waals surface area contributed by atoms with Crippen LogP contribution in [-0.4, -0.2) is 29.3 Å². The maximum atomic E-state index is 12.1. The number of hydrogen-bond donors (Lipinski definition) is 1. The Hall–Kier alpha value is -1.67. The quantitative estimate of drug-likeness (QED) is 0.868. The molecule has 0 radical (unpaired) electrons. The second-order valence-corrected chi connectivity index (χ2v) is 5.36. The molecule has 1 aromatic rings. The molecule has 1 aliphatic rings. The van der Waals surface area contributed by atoms with Gasteiger partial charge in [-0.15, -0.1) is 0 Å². The van der Waals surface area contributed by atoms with Crippen LogP contribution < -0.4 is 0 Å². The van der Waals surface area contributed by atoms with E-state index in [9.17, 15) is 4.79 Å². The summed E-state index contributed by atoms with van der Waals surface area (Å²) in [5.74, 6) is 1.07. The van der Waals surface area contributed by atoms with Crippen LogP contribution in [0.15, 0.2) is 30.3 Å². The molecular formula is C15H18N2O2S. The van der Waals surface area contributed by atoms with Crippen molar-refractivity contribution in [3.63, 3.8) is 0 Å². The van der Waals surface area contributed by atoms with Crippen LogP contribution in [0, 0.1) is 17.2 Å². The van der Waals surface area contributed by atoms with E-state index in [1.54, 1.807) is 4.90 Å². The molecule has 0 unspecified atom stereocenters. The number of hydrogen-bond acceptors (Lipinski definition) is 4. The van der Waals surface area contributed by atoms with Gasteiger partial charge in [0, 0.05) is 12.6 Å². The third-order valence-corrected chi connectivity index (χ3v) is 4.04. The van der Waals surface area contributed by atoms with E-state index in [0.717, 1.165) is 17.7 Å². The molecule has 0 saturated carbocycles. The van der Waals surface area contributed by atoms with Crippen LogP contribution in [0.3, 0.4) is 0 Å². The van der Waals surface area contributed by atoms with Gasteiger partial charge >= 0.3 is 6.09 Å². The highest BCUT2D eigenvalue weighted by atomic mass is 32.1. The van der Waals surface area contributed by atoms with Crippen LogP contribution in [0.5, 0.6) is 0 Å².